The summed E-state index contributed by atoms with van der Waals surface area (Å²) in [6.07, 6.45) is 3.84. The van der Waals surface area contributed by atoms with Crippen molar-refractivity contribution in [2.45, 2.75) is 27.7 Å². The summed E-state index contributed by atoms with van der Waals surface area (Å²) in [5.41, 5.74) is 5.36. The Labute approximate surface area is 214 Å². The standard InChI is InChI=1S/C28H35Cl2N3O/c1-6-32(7-2)24-12-10-20(26(29)16-24)14-22-18-31(5)19-23(28(22)34)15-21-11-13-25(17-27(21)30)33(8-3)9-4/h10-17H,6-9,18-19H2,1-5H3. The lowest BCUT2D eigenvalue weighted by molar-refractivity contribution is -0.113. The number of likely N-dealkylation sites (N-methyl/N-ethyl adjacent to an activating group) is 1. The van der Waals surface area contributed by atoms with E-state index >= 15 is 0 Å². The zero-order valence-corrected chi connectivity index (χ0v) is 22.4. The van der Waals surface area contributed by atoms with Gasteiger partial charge in [-0.2, -0.15) is 0 Å². The molecule has 0 amide bonds. The van der Waals surface area contributed by atoms with Crippen molar-refractivity contribution >= 4 is 52.5 Å². The minimum absolute atomic E-state index is 0.0471. The molecule has 1 saturated heterocycles. The Kier molecular flexibility index (Phi) is 9.24. The van der Waals surface area contributed by atoms with Gasteiger partial charge in [-0.25, -0.2) is 0 Å². The predicted octanol–water partition coefficient (Wildman–Crippen LogP) is 6.67. The number of ketones is 1. The Morgan fingerprint density at radius 3 is 1.47 bits per heavy atom. The average molecular weight is 501 g/mol. The minimum atomic E-state index is 0.0471. The van der Waals surface area contributed by atoms with Gasteiger partial charge in [0.25, 0.3) is 0 Å². The highest BCUT2D eigenvalue weighted by molar-refractivity contribution is 6.33. The number of carbonyl (C=O) groups excluding carboxylic acids is 1. The molecule has 0 unspecified atom stereocenters. The highest BCUT2D eigenvalue weighted by Gasteiger charge is 2.24. The maximum absolute atomic E-state index is 13.4. The molecule has 0 aromatic heterocycles. The Hall–Kier alpha value is -2.27. The quantitative estimate of drug-likeness (QED) is 0.379. The number of likely N-dealkylation sites (tertiary alicyclic amines) is 1. The van der Waals surface area contributed by atoms with Gasteiger partial charge in [0.15, 0.2) is 5.78 Å². The van der Waals surface area contributed by atoms with Crippen molar-refractivity contribution in [2.75, 3.05) is 56.1 Å². The Morgan fingerprint density at radius 1 is 0.765 bits per heavy atom. The number of hydrogen-bond acceptors (Lipinski definition) is 4. The molecular formula is C28H35Cl2N3O. The molecule has 0 atom stereocenters. The molecule has 6 heteroatoms. The molecule has 1 fully saturated rings. The molecular weight excluding hydrogens is 465 g/mol. The maximum atomic E-state index is 13.4. The van der Waals surface area contributed by atoms with E-state index in [9.17, 15) is 4.79 Å². The van der Waals surface area contributed by atoms with Crippen LogP contribution in [0.5, 0.6) is 0 Å². The van der Waals surface area contributed by atoms with Crippen LogP contribution >= 0.6 is 23.2 Å². The van der Waals surface area contributed by atoms with E-state index in [0.29, 0.717) is 23.1 Å². The summed E-state index contributed by atoms with van der Waals surface area (Å²) in [6, 6.07) is 12.1. The summed E-state index contributed by atoms with van der Waals surface area (Å²) in [5.74, 6) is 0.0471. The third kappa shape index (κ3) is 6.04. The van der Waals surface area contributed by atoms with E-state index in [1.807, 2.05) is 43.5 Å². The molecule has 0 saturated carbocycles. The van der Waals surface area contributed by atoms with Crippen LogP contribution in [-0.4, -0.2) is 57.0 Å². The second-order valence-electron chi connectivity index (χ2n) is 8.60. The molecule has 4 nitrogen and oxygen atoms in total. The fraction of sp³-hybridized carbons (Fsp3) is 0.393. The van der Waals surface area contributed by atoms with Crippen LogP contribution in [0.15, 0.2) is 47.5 Å². The smallest absolute Gasteiger partial charge is 0.187 e. The largest absolute Gasteiger partial charge is 0.372 e. The molecule has 182 valence electrons. The van der Waals surface area contributed by atoms with Gasteiger partial charge < -0.3 is 9.80 Å². The number of anilines is 2. The fourth-order valence-corrected chi connectivity index (χ4v) is 4.88. The van der Waals surface area contributed by atoms with Gasteiger partial charge in [-0.05, 0) is 82.3 Å². The summed E-state index contributed by atoms with van der Waals surface area (Å²) in [4.78, 5) is 20.0. The molecule has 0 radical (unpaired) electrons. The minimum Gasteiger partial charge on any atom is -0.372 e. The van der Waals surface area contributed by atoms with Crippen molar-refractivity contribution in [3.63, 3.8) is 0 Å². The lowest BCUT2D eigenvalue weighted by atomic mass is 9.94. The third-order valence-corrected chi connectivity index (χ3v) is 7.00. The monoisotopic (exact) mass is 499 g/mol. The van der Waals surface area contributed by atoms with Gasteiger partial charge in [-0.3, -0.25) is 9.69 Å². The van der Waals surface area contributed by atoms with Crippen LogP contribution < -0.4 is 9.80 Å². The van der Waals surface area contributed by atoms with Gasteiger partial charge >= 0.3 is 0 Å². The lowest BCUT2D eigenvalue weighted by Crippen LogP contribution is -2.34. The van der Waals surface area contributed by atoms with Crippen LogP contribution in [0.4, 0.5) is 11.4 Å². The van der Waals surface area contributed by atoms with E-state index < -0.39 is 0 Å². The number of rotatable bonds is 8. The molecule has 34 heavy (non-hydrogen) atoms. The van der Waals surface area contributed by atoms with E-state index in [2.05, 4.69) is 54.5 Å². The van der Waals surface area contributed by atoms with Gasteiger partial charge in [-0.1, -0.05) is 35.3 Å². The van der Waals surface area contributed by atoms with Crippen molar-refractivity contribution < 1.29 is 4.79 Å². The van der Waals surface area contributed by atoms with Crippen molar-refractivity contribution in [1.29, 1.82) is 0 Å². The fourth-order valence-electron chi connectivity index (χ4n) is 4.42. The number of nitrogens with zero attached hydrogens (tertiary/aromatic N) is 3. The normalized spacial score (nSPS) is 17.0. The predicted molar refractivity (Wildman–Crippen MR) is 148 cm³/mol. The molecule has 2 aromatic rings. The van der Waals surface area contributed by atoms with Gasteiger partial charge in [-0.15, -0.1) is 0 Å². The van der Waals surface area contributed by atoms with Crippen LogP contribution in [0, 0.1) is 0 Å². The average Bonchev–Trinajstić information content (AvgIpc) is 2.81. The van der Waals surface area contributed by atoms with E-state index in [-0.39, 0.29) is 5.78 Å². The van der Waals surface area contributed by atoms with E-state index in [4.69, 9.17) is 23.2 Å². The SMILES string of the molecule is CCN(CC)c1ccc(C=C2CN(C)CC(=Cc3ccc(N(CC)CC)cc3Cl)C2=O)c(Cl)c1. The summed E-state index contributed by atoms with van der Waals surface area (Å²) in [6.45, 7) is 13.3. The number of Topliss-reactive ketones (excluding diaryl/α,β-unsaturated/α-hetero) is 1. The van der Waals surface area contributed by atoms with Crippen LogP contribution in [0.1, 0.15) is 38.8 Å². The van der Waals surface area contributed by atoms with Gasteiger partial charge in [0.1, 0.15) is 0 Å². The van der Waals surface area contributed by atoms with Gasteiger partial charge in [0.2, 0.25) is 0 Å². The molecule has 0 aliphatic carbocycles. The molecule has 3 rings (SSSR count). The second kappa shape index (κ2) is 11.9. The Balaban J connectivity index is 1.90. The van der Waals surface area contributed by atoms with Gasteiger partial charge in [0.05, 0.1) is 0 Å². The van der Waals surface area contributed by atoms with Crippen LogP contribution in [0.3, 0.4) is 0 Å². The maximum Gasteiger partial charge on any atom is 0.187 e. The van der Waals surface area contributed by atoms with Crippen molar-refractivity contribution in [3.8, 4) is 0 Å². The van der Waals surface area contributed by atoms with Crippen molar-refractivity contribution in [2.24, 2.45) is 0 Å². The van der Waals surface area contributed by atoms with Crippen molar-refractivity contribution in [3.05, 3.63) is 68.7 Å². The Bertz CT molecular complexity index is 1000. The van der Waals surface area contributed by atoms with Crippen LogP contribution in [-0.2, 0) is 4.79 Å². The molecule has 2 aromatic carbocycles. The van der Waals surface area contributed by atoms with E-state index in [0.717, 1.165) is 59.8 Å². The molecule has 1 aliphatic heterocycles. The van der Waals surface area contributed by atoms with Gasteiger partial charge in [0, 0.05) is 71.8 Å². The first-order valence-electron chi connectivity index (χ1n) is 12.0. The first kappa shape index (κ1) is 26.3. The number of piperidine rings is 1. The van der Waals surface area contributed by atoms with Crippen molar-refractivity contribution in [1.82, 2.24) is 4.90 Å². The summed E-state index contributed by atoms with van der Waals surface area (Å²) < 4.78 is 0. The topological polar surface area (TPSA) is 26.8 Å². The highest BCUT2D eigenvalue weighted by Crippen LogP contribution is 2.30. The summed E-state index contributed by atoms with van der Waals surface area (Å²) in [7, 11) is 2.02. The lowest BCUT2D eigenvalue weighted by Gasteiger charge is -2.26. The van der Waals surface area contributed by atoms with Crippen LogP contribution in [0.25, 0.3) is 12.2 Å². The van der Waals surface area contributed by atoms with E-state index in [1.165, 1.54) is 0 Å². The molecule has 0 N–H and O–H groups in total. The third-order valence-electron chi connectivity index (χ3n) is 6.35. The highest BCUT2D eigenvalue weighted by atomic mass is 35.5. The molecule has 0 spiro atoms. The first-order valence-corrected chi connectivity index (χ1v) is 12.8. The number of halogens is 2. The first-order chi connectivity index (χ1) is 16.3. The molecule has 1 aliphatic rings. The Morgan fingerprint density at radius 2 is 1.15 bits per heavy atom. The number of benzene rings is 2. The molecule has 0 bridgehead atoms. The second-order valence-corrected chi connectivity index (χ2v) is 9.41. The summed E-state index contributed by atoms with van der Waals surface area (Å²) in [5, 5.41) is 1.30. The zero-order chi connectivity index (χ0) is 24.8. The van der Waals surface area contributed by atoms with E-state index in [1.54, 1.807) is 0 Å². The zero-order valence-electron chi connectivity index (χ0n) is 20.9. The number of carbonyl (C=O) groups is 1. The molecule has 1 heterocycles. The number of hydrogen-bond donors (Lipinski definition) is 0. The summed E-state index contributed by atoms with van der Waals surface area (Å²) >= 11 is 13.2. The van der Waals surface area contributed by atoms with Crippen LogP contribution in [0.2, 0.25) is 10.0 Å².